The highest BCUT2D eigenvalue weighted by Gasteiger charge is 2.27. The van der Waals surface area contributed by atoms with Gasteiger partial charge in [-0.3, -0.25) is 4.90 Å². The van der Waals surface area contributed by atoms with Crippen LogP contribution in [0, 0.1) is 0 Å². The number of rotatable bonds is 3. The normalized spacial score (nSPS) is 27.8. The minimum atomic E-state index is -0.251. The van der Waals surface area contributed by atoms with Gasteiger partial charge in [0.15, 0.2) is 5.82 Å². The molecule has 3 rings (SSSR count). The number of fused-ring (bicyclic) bond motifs is 1. The van der Waals surface area contributed by atoms with Crippen LogP contribution in [0.15, 0.2) is 0 Å². The summed E-state index contributed by atoms with van der Waals surface area (Å²) in [5.41, 5.74) is 0. The molecule has 0 radical (unpaired) electrons. The molecule has 2 aliphatic rings. The lowest BCUT2D eigenvalue weighted by Crippen LogP contribution is -2.45. The first kappa shape index (κ1) is 14.0. The monoisotopic (exact) mass is 278 g/mol. The number of aromatic nitrogens is 3. The van der Waals surface area contributed by atoms with E-state index in [-0.39, 0.29) is 6.10 Å². The minimum Gasteiger partial charge on any atom is -0.391 e. The van der Waals surface area contributed by atoms with E-state index >= 15 is 0 Å². The maximum absolute atomic E-state index is 9.70. The molecular weight excluding hydrogens is 252 g/mol. The highest BCUT2D eigenvalue weighted by atomic mass is 16.3. The van der Waals surface area contributed by atoms with Gasteiger partial charge in [0.05, 0.1) is 12.6 Å². The molecule has 0 aliphatic carbocycles. The van der Waals surface area contributed by atoms with Crippen molar-refractivity contribution in [2.24, 2.45) is 0 Å². The van der Waals surface area contributed by atoms with E-state index in [1.165, 1.54) is 25.8 Å². The number of likely N-dealkylation sites (tertiary alicyclic amines) is 1. The summed E-state index contributed by atoms with van der Waals surface area (Å²) in [4.78, 5) is 7.28. The number of aryl methyl sites for hydroxylation is 1. The third-order valence-electron chi connectivity index (χ3n) is 4.63. The van der Waals surface area contributed by atoms with Crippen molar-refractivity contribution >= 4 is 0 Å². The van der Waals surface area contributed by atoms with Crippen LogP contribution in [0.5, 0.6) is 0 Å². The second kappa shape index (κ2) is 5.82. The Morgan fingerprint density at radius 3 is 2.95 bits per heavy atom. The molecule has 5 nitrogen and oxygen atoms in total. The third kappa shape index (κ3) is 2.88. The lowest BCUT2D eigenvalue weighted by atomic mass is 9.97. The van der Waals surface area contributed by atoms with Crippen LogP contribution in [0.25, 0.3) is 0 Å². The Hall–Kier alpha value is -0.940. The zero-order valence-electron chi connectivity index (χ0n) is 12.6. The fourth-order valence-corrected chi connectivity index (χ4v) is 3.56. The Bertz CT molecular complexity index is 457. The second-order valence-electron chi connectivity index (χ2n) is 6.50. The lowest BCUT2D eigenvalue weighted by Gasteiger charge is -2.38. The quantitative estimate of drug-likeness (QED) is 0.908. The summed E-state index contributed by atoms with van der Waals surface area (Å²) in [6.07, 6.45) is 6.26. The van der Waals surface area contributed by atoms with Crippen LogP contribution < -0.4 is 0 Å². The van der Waals surface area contributed by atoms with Crippen molar-refractivity contribution in [2.45, 2.75) is 77.1 Å². The van der Waals surface area contributed by atoms with Crippen molar-refractivity contribution < 1.29 is 5.11 Å². The van der Waals surface area contributed by atoms with E-state index in [0.717, 1.165) is 30.9 Å². The fourth-order valence-electron chi connectivity index (χ4n) is 3.56. The van der Waals surface area contributed by atoms with Crippen LogP contribution in [0.1, 0.15) is 51.2 Å². The van der Waals surface area contributed by atoms with Crippen molar-refractivity contribution in [3.63, 3.8) is 0 Å². The average molecular weight is 278 g/mol. The van der Waals surface area contributed by atoms with Crippen molar-refractivity contribution in [1.82, 2.24) is 19.7 Å². The molecule has 2 unspecified atom stereocenters. The van der Waals surface area contributed by atoms with Gasteiger partial charge in [-0.05, 0) is 39.7 Å². The van der Waals surface area contributed by atoms with E-state index in [1.807, 2.05) is 4.68 Å². The molecule has 0 bridgehead atoms. The Labute approximate surface area is 121 Å². The van der Waals surface area contributed by atoms with Gasteiger partial charge in [0.2, 0.25) is 0 Å². The molecule has 3 heterocycles. The van der Waals surface area contributed by atoms with Gasteiger partial charge in [0.25, 0.3) is 0 Å². The van der Waals surface area contributed by atoms with E-state index < -0.39 is 0 Å². The van der Waals surface area contributed by atoms with Gasteiger partial charge in [-0.2, -0.15) is 5.10 Å². The molecule has 1 saturated heterocycles. The minimum absolute atomic E-state index is 0.251. The van der Waals surface area contributed by atoms with E-state index in [2.05, 4.69) is 28.8 Å². The molecule has 2 aliphatic heterocycles. The predicted molar refractivity (Wildman–Crippen MR) is 77.5 cm³/mol. The molecule has 5 heteroatoms. The SMILES string of the molecule is CC(C)N1CCCCC1Cc1nc2n(n1)CC(O)CC2. The Morgan fingerprint density at radius 2 is 2.15 bits per heavy atom. The summed E-state index contributed by atoms with van der Waals surface area (Å²) in [5, 5.41) is 14.3. The summed E-state index contributed by atoms with van der Waals surface area (Å²) in [7, 11) is 0. The first-order valence-corrected chi connectivity index (χ1v) is 8.00. The lowest BCUT2D eigenvalue weighted by molar-refractivity contribution is 0.110. The highest BCUT2D eigenvalue weighted by molar-refractivity contribution is 5.00. The Kier molecular flexibility index (Phi) is 4.08. The van der Waals surface area contributed by atoms with Crippen molar-refractivity contribution in [2.75, 3.05) is 6.54 Å². The van der Waals surface area contributed by atoms with Crippen LogP contribution in [0.4, 0.5) is 0 Å². The van der Waals surface area contributed by atoms with Crippen LogP contribution in [-0.2, 0) is 19.4 Å². The molecule has 0 amide bonds. The largest absolute Gasteiger partial charge is 0.391 e. The average Bonchev–Trinajstić information content (AvgIpc) is 2.80. The molecule has 0 spiro atoms. The van der Waals surface area contributed by atoms with Gasteiger partial charge in [-0.25, -0.2) is 9.67 Å². The van der Waals surface area contributed by atoms with Crippen LogP contribution in [-0.4, -0.2) is 49.5 Å². The van der Waals surface area contributed by atoms with Gasteiger partial charge in [0, 0.05) is 24.9 Å². The maximum Gasteiger partial charge on any atom is 0.152 e. The number of hydrogen-bond acceptors (Lipinski definition) is 4. The van der Waals surface area contributed by atoms with Crippen LogP contribution in [0.3, 0.4) is 0 Å². The number of aliphatic hydroxyl groups is 1. The van der Waals surface area contributed by atoms with E-state index in [9.17, 15) is 5.11 Å². The van der Waals surface area contributed by atoms with Gasteiger partial charge in [-0.15, -0.1) is 0 Å². The molecule has 1 fully saturated rings. The highest BCUT2D eigenvalue weighted by Crippen LogP contribution is 2.22. The molecule has 20 heavy (non-hydrogen) atoms. The van der Waals surface area contributed by atoms with Gasteiger partial charge >= 0.3 is 0 Å². The van der Waals surface area contributed by atoms with E-state index in [0.29, 0.717) is 18.6 Å². The molecule has 112 valence electrons. The van der Waals surface area contributed by atoms with E-state index in [1.54, 1.807) is 0 Å². The molecular formula is C15H26N4O. The zero-order valence-corrected chi connectivity index (χ0v) is 12.6. The number of hydrogen-bond donors (Lipinski definition) is 1. The Morgan fingerprint density at radius 1 is 1.30 bits per heavy atom. The third-order valence-corrected chi connectivity index (χ3v) is 4.63. The summed E-state index contributed by atoms with van der Waals surface area (Å²) >= 11 is 0. The first-order chi connectivity index (χ1) is 9.63. The predicted octanol–water partition coefficient (Wildman–Crippen LogP) is 1.39. The van der Waals surface area contributed by atoms with Crippen molar-refractivity contribution in [3.8, 4) is 0 Å². The summed E-state index contributed by atoms with van der Waals surface area (Å²) in [5.74, 6) is 2.02. The number of aliphatic hydroxyl groups excluding tert-OH is 1. The second-order valence-corrected chi connectivity index (χ2v) is 6.50. The Balaban J connectivity index is 1.70. The topological polar surface area (TPSA) is 54.2 Å². The summed E-state index contributed by atoms with van der Waals surface area (Å²) in [6, 6.07) is 1.18. The molecule has 1 aromatic rings. The molecule has 0 aromatic carbocycles. The van der Waals surface area contributed by atoms with Crippen LogP contribution in [0.2, 0.25) is 0 Å². The van der Waals surface area contributed by atoms with Crippen molar-refractivity contribution in [3.05, 3.63) is 11.6 Å². The molecule has 1 aromatic heterocycles. The fraction of sp³-hybridized carbons (Fsp3) is 0.867. The van der Waals surface area contributed by atoms with Crippen LogP contribution >= 0.6 is 0 Å². The molecule has 2 atom stereocenters. The molecule has 0 saturated carbocycles. The number of piperidine rings is 1. The smallest absolute Gasteiger partial charge is 0.152 e. The van der Waals surface area contributed by atoms with Gasteiger partial charge in [-0.1, -0.05) is 6.42 Å². The number of nitrogens with zero attached hydrogens (tertiary/aromatic N) is 4. The van der Waals surface area contributed by atoms with E-state index in [4.69, 9.17) is 0 Å². The standard InChI is InChI=1S/C15H26N4O/c1-11(2)18-8-4-3-5-12(18)9-14-16-15-7-6-13(20)10-19(15)17-14/h11-13,20H,3-10H2,1-2H3. The van der Waals surface area contributed by atoms with Gasteiger partial charge in [0.1, 0.15) is 5.82 Å². The first-order valence-electron chi connectivity index (χ1n) is 8.00. The maximum atomic E-state index is 9.70. The van der Waals surface area contributed by atoms with Gasteiger partial charge < -0.3 is 5.11 Å². The van der Waals surface area contributed by atoms with Crippen molar-refractivity contribution in [1.29, 1.82) is 0 Å². The zero-order chi connectivity index (χ0) is 14.1. The summed E-state index contributed by atoms with van der Waals surface area (Å²) in [6.45, 7) is 6.37. The molecule has 1 N–H and O–H groups in total. The summed E-state index contributed by atoms with van der Waals surface area (Å²) < 4.78 is 1.91.